The van der Waals surface area contributed by atoms with Crippen molar-refractivity contribution in [3.05, 3.63) is 35.6 Å². The van der Waals surface area contributed by atoms with E-state index in [2.05, 4.69) is 32.3 Å². The van der Waals surface area contributed by atoms with Crippen molar-refractivity contribution in [2.75, 3.05) is 18.6 Å². The highest BCUT2D eigenvalue weighted by atomic mass is 32.2. The maximum atomic E-state index is 13.3. The highest BCUT2D eigenvalue weighted by Gasteiger charge is 2.15. The summed E-state index contributed by atoms with van der Waals surface area (Å²) in [5.74, 6) is 1.65. The third kappa shape index (κ3) is 7.91. The van der Waals surface area contributed by atoms with Crippen LogP contribution in [0.2, 0.25) is 0 Å². The number of rotatable bonds is 8. The molecule has 114 valence electrons. The molecule has 3 heteroatoms. The molecule has 0 saturated heterocycles. The van der Waals surface area contributed by atoms with E-state index in [9.17, 15) is 4.39 Å². The Morgan fingerprint density at radius 3 is 2.65 bits per heavy atom. The van der Waals surface area contributed by atoms with E-state index in [0.717, 1.165) is 18.5 Å². The Bertz CT molecular complexity index is 387. The van der Waals surface area contributed by atoms with E-state index in [1.54, 1.807) is 12.1 Å². The van der Waals surface area contributed by atoms with Gasteiger partial charge in [0.15, 0.2) is 0 Å². The van der Waals surface area contributed by atoms with E-state index in [1.807, 2.05) is 17.8 Å². The Morgan fingerprint density at radius 1 is 1.30 bits per heavy atom. The molecule has 0 radical (unpaired) electrons. The second-order valence-electron chi connectivity index (χ2n) is 6.47. The van der Waals surface area contributed by atoms with Crippen molar-refractivity contribution in [1.82, 2.24) is 5.32 Å². The Hall–Kier alpha value is -0.540. The molecule has 0 aliphatic carbocycles. The second kappa shape index (κ2) is 8.68. The van der Waals surface area contributed by atoms with E-state index < -0.39 is 0 Å². The van der Waals surface area contributed by atoms with E-state index in [4.69, 9.17) is 0 Å². The largest absolute Gasteiger partial charge is 0.312 e. The molecule has 0 aliphatic rings. The molecule has 0 spiro atoms. The fraction of sp³-hybridized carbons (Fsp3) is 0.647. The first-order valence-electron chi connectivity index (χ1n) is 7.39. The van der Waals surface area contributed by atoms with Crippen molar-refractivity contribution in [2.24, 2.45) is 5.92 Å². The number of halogens is 1. The van der Waals surface area contributed by atoms with Gasteiger partial charge in [0, 0.05) is 5.54 Å². The third-order valence-corrected chi connectivity index (χ3v) is 3.99. The van der Waals surface area contributed by atoms with E-state index >= 15 is 0 Å². The number of thioether (sulfide) groups is 1. The van der Waals surface area contributed by atoms with Crippen LogP contribution in [-0.4, -0.2) is 24.1 Å². The molecule has 0 heterocycles. The zero-order chi connectivity index (χ0) is 15.0. The summed E-state index contributed by atoms with van der Waals surface area (Å²) >= 11 is 1.90. The van der Waals surface area contributed by atoms with Crippen LogP contribution in [0.15, 0.2) is 24.3 Å². The molecule has 0 aromatic heterocycles. The number of benzene rings is 1. The summed E-state index contributed by atoms with van der Waals surface area (Å²) in [5.41, 5.74) is 1.24. The lowest BCUT2D eigenvalue weighted by Gasteiger charge is -2.25. The molecule has 0 saturated carbocycles. The lowest BCUT2D eigenvalue weighted by molar-refractivity contribution is 0.355. The number of hydrogen-bond acceptors (Lipinski definition) is 2. The molecule has 0 fully saturated rings. The van der Waals surface area contributed by atoms with Gasteiger partial charge in [0.2, 0.25) is 0 Å². The van der Waals surface area contributed by atoms with Gasteiger partial charge in [0.25, 0.3) is 0 Å². The monoisotopic (exact) mass is 297 g/mol. The predicted molar refractivity (Wildman–Crippen MR) is 89.0 cm³/mol. The van der Waals surface area contributed by atoms with Crippen LogP contribution >= 0.6 is 11.8 Å². The Kier molecular flexibility index (Phi) is 7.60. The molecule has 20 heavy (non-hydrogen) atoms. The fourth-order valence-electron chi connectivity index (χ4n) is 2.24. The Labute approximate surface area is 127 Å². The van der Waals surface area contributed by atoms with Crippen molar-refractivity contribution >= 4 is 11.8 Å². The molecule has 1 rings (SSSR count). The van der Waals surface area contributed by atoms with Crippen molar-refractivity contribution in [3.8, 4) is 0 Å². The number of hydrogen-bond donors (Lipinski definition) is 1. The minimum atomic E-state index is -0.130. The van der Waals surface area contributed by atoms with Gasteiger partial charge in [0.05, 0.1) is 0 Å². The van der Waals surface area contributed by atoms with Gasteiger partial charge in [-0.15, -0.1) is 0 Å². The zero-order valence-corrected chi connectivity index (χ0v) is 14.0. The van der Waals surface area contributed by atoms with Crippen LogP contribution < -0.4 is 5.32 Å². The minimum absolute atomic E-state index is 0.130. The smallest absolute Gasteiger partial charge is 0.123 e. The SMILES string of the molecule is CSCCCC(CNC(C)(C)C)Cc1cccc(F)c1. The van der Waals surface area contributed by atoms with Crippen molar-refractivity contribution in [1.29, 1.82) is 0 Å². The Morgan fingerprint density at radius 2 is 2.05 bits per heavy atom. The van der Waals surface area contributed by atoms with Crippen LogP contribution in [0.1, 0.15) is 39.2 Å². The van der Waals surface area contributed by atoms with Gasteiger partial charge in [-0.25, -0.2) is 4.39 Å². The van der Waals surface area contributed by atoms with Gasteiger partial charge in [-0.3, -0.25) is 0 Å². The van der Waals surface area contributed by atoms with Gasteiger partial charge in [0.1, 0.15) is 5.82 Å². The summed E-state index contributed by atoms with van der Waals surface area (Å²) in [5, 5.41) is 3.58. The summed E-state index contributed by atoms with van der Waals surface area (Å²) in [6.07, 6.45) is 5.53. The van der Waals surface area contributed by atoms with E-state index in [0.29, 0.717) is 5.92 Å². The van der Waals surface area contributed by atoms with Crippen LogP contribution in [0.4, 0.5) is 4.39 Å². The molecule has 1 atom stereocenters. The molecular weight excluding hydrogens is 269 g/mol. The quantitative estimate of drug-likeness (QED) is 0.708. The van der Waals surface area contributed by atoms with E-state index in [-0.39, 0.29) is 11.4 Å². The fourth-order valence-corrected chi connectivity index (χ4v) is 2.70. The standard InChI is InChI=1S/C17H28FNS/c1-17(2,3)19-13-15(8-6-10-20-4)11-14-7-5-9-16(18)12-14/h5,7,9,12,15,19H,6,8,10-11,13H2,1-4H3. The first kappa shape index (κ1) is 17.5. The molecule has 1 unspecified atom stereocenters. The Balaban J connectivity index is 2.56. The first-order chi connectivity index (χ1) is 9.40. The van der Waals surface area contributed by atoms with Crippen LogP contribution in [0.5, 0.6) is 0 Å². The average molecular weight is 297 g/mol. The van der Waals surface area contributed by atoms with Crippen molar-refractivity contribution < 1.29 is 4.39 Å². The summed E-state index contributed by atoms with van der Waals surface area (Å²) in [7, 11) is 0. The third-order valence-electron chi connectivity index (χ3n) is 3.30. The molecule has 0 amide bonds. The van der Waals surface area contributed by atoms with Crippen LogP contribution in [0.3, 0.4) is 0 Å². The first-order valence-corrected chi connectivity index (χ1v) is 8.78. The molecule has 1 aromatic rings. The van der Waals surface area contributed by atoms with Crippen LogP contribution in [-0.2, 0) is 6.42 Å². The lowest BCUT2D eigenvalue weighted by Crippen LogP contribution is -2.39. The summed E-state index contributed by atoms with van der Waals surface area (Å²) in [6, 6.07) is 7.01. The van der Waals surface area contributed by atoms with Crippen LogP contribution in [0, 0.1) is 11.7 Å². The molecular formula is C17H28FNS. The highest BCUT2D eigenvalue weighted by Crippen LogP contribution is 2.17. The van der Waals surface area contributed by atoms with Crippen molar-refractivity contribution in [2.45, 2.75) is 45.6 Å². The predicted octanol–water partition coefficient (Wildman–Crippen LogP) is 4.52. The maximum Gasteiger partial charge on any atom is 0.123 e. The normalized spacial score (nSPS) is 13.4. The van der Waals surface area contributed by atoms with Gasteiger partial charge >= 0.3 is 0 Å². The van der Waals surface area contributed by atoms with Gasteiger partial charge < -0.3 is 5.32 Å². The van der Waals surface area contributed by atoms with Crippen molar-refractivity contribution in [3.63, 3.8) is 0 Å². The molecule has 0 aliphatic heterocycles. The summed E-state index contributed by atoms with van der Waals surface area (Å²) in [4.78, 5) is 0. The molecule has 1 nitrogen and oxygen atoms in total. The summed E-state index contributed by atoms with van der Waals surface area (Å²) in [6.45, 7) is 7.56. The van der Waals surface area contributed by atoms with Gasteiger partial charge in [-0.2, -0.15) is 11.8 Å². The maximum absolute atomic E-state index is 13.3. The summed E-state index contributed by atoms with van der Waals surface area (Å²) < 4.78 is 13.3. The highest BCUT2D eigenvalue weighted by molar-refractivity contribution is 7.98. The minimum Gasteiger partial charge on any atom is -0.312 e. The van der Waals surface area contributed by atoms with Gasteiger partial charge in [-0.1, -0.05) is 12.1 Å². The topological polar surface area (TPSA) is 12.0 Å². The van der Waals surface area contributed by atoms with Crippen LogP contribution in [0.25, 0.3) is 0 Å². The second-order valence-corrected chi connectivity index (χ2v) is 7.45. The molecule has 1 N–H and O–H groups in total. The zero-order valence-electron chi connectivity index (χ0n) is 13.2. The number of nitrogens with one attached hydrogen (secondary N) is 1. The average Bonchev–Trinajstić information content (AvgIpc) is 2.35. The van der Waals surface area contributed by atoms with Gasteiger partial charge in [-0.05, 0) is 82.2 Å². The lowest BCUT2D eigenvalue weighted by atomic mass is 9.94. The molecule has 1 aromatic carbocycles. The molecule has 0 bridgehead atoms. The van der Waals surface area contributed by atoms with E-state index in [1.165, 1.54) is 24.7 Å².